The van der Waals surface area contributed by atoms with Crippen molar-refractivity contribution in [1.82, 2.24) is 5.32 Å². The standard InChI is InChI=1S/C21H22N2O6/c24-19(16-10-12-18(13-11-16)23(27)28)15-29-20(25)9-5-2-6-14-22-21(26)17-7-3-1-4-8-17/h1,3-4,7-8,10-13H,2,5-6,9,14-15H2,(H,22,26). The fourth-order valence-corrected chi connectivity index (χ4v) is 2.54. The van der Waals surface area contributed by atoms with Crippen molar-refractivity contribution in [2.75, 3.05) is 13.2 Å². The van der Waals surface area contributed by atoms with Gasteiger partial charge in [0.15, 0.2) is 12.4 Å². The second-order valence-corrected chi connectivity index (χ2v) is 6.32. The maximum absolute atomic E-state index is 11.9. The van der Waals surface area contributed by atoms with Crippen molar-refractivity contribution < 1.29 is 24.0 Å². The molecular formula is C21H22N2O6. The summed E-state index contributed by atoms with van der Waals surface area (Å²) in [6.07, 6.45) is 2.24. The molecule has 8 heteroatoms. The molecular weight excluding hydrogens is 376 g/mol. The number of hydrogen-bond donors (Lipinski definition) is 1. The Labute approximate surface area is 168 Å². The Balaban J connectivity index is 1.57. The van der Waals surface area contributed by atoms with Gasteiger partial charge in [-0.25, -0.2) is 0 Å². The van der Waals surface area contributed by atoms with Crippen LogP contribution in [-0.4, -0.2) is 35.7 Å². The molecule has 0 atom stereocenters. The minimum Gasteiger partial charge on any atom is -0.457 e. The fraction of sp³-hybridized carbons (Fsp3) is 0.286. The van der Waals surface area contributed by atoms with Gasteiger partial charge >= 0.3 is 5.97 Å². The zero-order valence-electron chi connectivity index (χ0n) is 15.8. The van der Waals surface area contributed by atoms with Gasteiger partial charge < -0.3 is 10.1 Å². The smallest absolute Gasteiger partial charge is 0.306 e. The Morgan fingerprint density at radius 1 is 0.897 bits per heavy atom. The number of hydrogen-bond acceptors (Lipinski definition) is 6. The molecule has 0 aliphatic carbocycles. The Bertz CT molecular complexity index is 849. The second-order valence-electron chi connectivity index (χ2n) is 6.32. The highest BCUT2D eigenvalue weighted by atomic mass is 16.6. The molecule has 0 unspecified atom stereocenters. The number of nitro groups is 1. The lowest BCUT2D eigenvalue weighted by Gasteiger charge is -2.06. The number of unbranched alkanes of at least 4 members (excludes halogenated alkanes) is 2. The molecule has 8 nitrogen and oxygen atoms in total. The summed E-state index contributed by atoms with van der Waals surface area (Å²) >= 11 is 0. The summed E-state index contributed by atoms with van der Waals surface area (Å²) in [7, 11) is 0. The number of non-ortho nitro benzene ring substituents is 1. The van der Waals surface area contributed by atoms with E-state index in [0.29, 0.717) is 18.5 Å². The van der Waals surface area contributed by atoms with Crippen molar-refractivity contribution in [1.29, 1.82) is 0 Å². The van der Waals surface area contributed by atoms with Crippen molar-refractivity contribution in [3.63, 3.8) is 0 Å². The predicted octanol–water partition coefficient (Wildman–Crippen LogP) is 3.31. The third-order valence-corrected chi connectivity index (χ3v) is 4.14. The van der Waals surface area contributed by atoms with Gasteiger partial charge in [0.05, 0.1) is 4.92 Å². The van der Waals surface area contributed by atoms with Crippen LogP contribution < -0.4 is 5.32 Å². The van der Waals surface area contributed by atoms with Crippen LogP contribution in [0.2, 0.25) is 0 Å². The van der Waals surface area contributed by atoms with E-state index in [-0.39, 0.29) is 23.6 Å². The average Bonchev–Trinajstić information content (AvgIpc) is 2.74. The molecule has 2 aromatic rings. The highest BCUT2D eigenvalue weighted by Gasteiger charge is 2.12. The summed E-state index contributed by atoms with van der Waals surface area (Å²) in [4.78, 5) is 45.5. The lowest BCUT2D eigenvalue weighted by molar-refractivity contribution is -0.384. The van der Waals surface area contributed by atoms with Crippen molar-refractivity contribution in [2.24, 2.45) is 0 Å². The largest absolute Gasteiger partial charge is 0.457 e. The van der Waals surface area contributed by atoms with E-state index in [4.69, 9.17) is 4.74 Å². The van der Waals surface area contributed by atoms with Crippen molar-refractivity contribution in [3.8, 4) is 0 Å². The number of nitrogens with zero attached hydrogens (tertiary/aromatic N) is 1. The van der Waals surface area contributed by atoms with E-state index < -0.39 is 23.3 Å². The molecule has 2 rings (SSSR count). The van der Waals surface area contributed by atoms with Gasteiger partial charge in [-0.1, -0.05) is 24.6 Å². The van der Waals surface area contributed by atoms with E-state index in [2.05, 4.69) is 5.32 Å². The number of carbonyl (C=O) groups is 3. The first-order valence-corrected chi connectivity index (χ1v) is 9.24. The molecule has 0 fully saturated rings. The van der Waals surface area contributed by atoms with Crippen LogP contribution in [0.1, 0.15) is 46.4 Å². The maximum atomic E-state index is 11.9. The first-order chi connectivity index (χ1) is 14.0. The van der Waals surface area contributed by atoms with E-state index in [9.17, 15) is 24.5 Å². The van der Waals surface area contributed by atoms with Gasteiger partial charge in [0.25, 0.3) is 11.6 Å². The quantitative estimate of drug-likeness (QED) is 0.204. The van der Waals surface area contributed by atoms with E-state index in [1.807, 2.05) is 6.07 Å². The van der Waals surface area contributed by atoms with Gasteiger partial charge in [0.1, 0.15) is 0 Å². The molecule has 0 saturated heterocycles. The first kappa shape index (κ1) is 21.7. The zero-order valence-corrected chi connectivity index (χ0v) is 15.8. The normalized spacial score (nSPS) is 10.2. The summed E-state index contributed by atoms with van der Waals surface area (Å²) in [5, 5.41) is 13.4. The van der Waals surface area contributed by atoms with Crippen LogP contribution in [0.25, 0.3) is 0 Å². The fourth-order valence-electron chi connectivity index (χ4n) is 2.54. The van der Waals surface area contributed by atoms with E-state index in [0.717, 1.165) is 12.8 Å². The summed E-state index contributed by atoms with van der Waals surface area (Å²) in [6, 6.07) is 14.0. The number of nitrogens with one attached hydrogen (secondary N) is 1. The van der Waals surface area contributed by atoms with Crippen LogP contribution in [0, 0.1) is 10.1 Å². The SMILES string of the molecule is O=C(CCCCCNC(=O)c1ccccc1)OCC(=O)c1ccc([N+](=O)[O-])cc1. The van der Waals surface area contributed by atoms with Crippen molar-refractivity contribution in [2.45, 2.75) is 25.7 Å². The molecule has 2 aromatic carbocycles. The molecule has 0 saturated carbocycles. The molecule has 1 amide bonds. The number of carbonyl (C=O) groups excluding carboxylic acids is 3. The van der Waals surface area contributed by atoms with Crippen molar-refractivity contribution in [3.05, 3.63) is 75.8 Å². The third kappa shape index (κ3) is 7.53. The zero-order chi connectivity index (χ0) is 21.1. The molecule has 0 bridgehead atoms. The number of ether oxygens (including phenoxy) is 1. The molecule has 29 heavy (non-hydrogen) atoms. The molecule has 152 valence electrons. The number of nitro benzene ring substituents is 1. The van der Waals surface area contributed by atoms with Gasteiger partial charge in [-0.15, -0.1) is 0 Å². The third-order valence-electron chi connectivity index (χ3n) is 4.14. The van der Waals surface area contributed by atoms with Crippen LogP contribution in [0.15, 0.2) is 54.6 Å². The molecule has 0 aliphatic heterocycles. The minimum atomic E-state index is -0.554. The van der Waals surface area contributed by atoms with E-state index in [1.54, 1.807) is 24.3 Å². The van der Waals surface area contributed by atoms with Gasteiger partial charge in [-0.2, -0.15) is 0 Å². The second kappa shape index (κ2) is 11.3. The van der Waals surface area contributed by atoms with Crippen LogP contribution in [-0.2, 0) is 9.53 Å². The minimum absolute atomic E-state index is 0.112. The average molecular weight is 398 g/mol. The van der Waals surface area contributed by atoms with Gasteiger partial charge in [0, 0.05) is 36.2 Å². The van der Waals surface area contributed by atoms with Gasteiger partial charge in [0.2, 0.25) is 0 Å². The Kier molecular flexibility index (Phi) is 8.50. The number of esters is 1. The summed E-state index contributed by atoms with van der Waals surface area (Å²) < 4.78 is 4.95. The van der Waals surface area contributed by atoms with Crippen molar-refractivity contribution >= 4 is 23.3 Å². The molecule has 1 N–H and O–H groups in total. The van der Waals surface area contributed by atoms with Crippen LogP contribution >= 0.6 is 0 Å². The van der Waals surface area contributed by atoms with Gasteiger partial charge in [-0.3, -0.25) is 24.5 Å². The summed E-state index contributed by atoms with van der Waals surface area (Å²) in [6.45, 7) is 0.116. The van der Waals surface area contributed by atoms with E-state index >= 15 is 0 Å². The number of rotatable bonds is 11. The lowest BCUT2D eigenvalue weighted by Crippen LogP contribution is -2.24. The highest BCUT2D eigenvalue weighted by molar-refractivity contribution is 5.98. The summed E-state index contributed by atoms with van der Waals surface area (Å²) in [5.41, 5.74) is 0.741. The molecule has 0 aromatic heterocycles. The Hall–Kier alpha value is -3.55. The van der Waals surface area contributed by atoms with Gasteiger partial charge in [-0.05, 0) is 37.1 Å². The monoisotopic (exact) mass is 398 g/mol. The maximum Gasteiger partial charge on any atom is 0.306 e. The van der Waals surface area contributed by atoms with Crippen LogP contribution in [0.4, 0.5) is 5.69 Å². The number of benzene rings is 2. The number of ketones is 1. The van der Waals surface area contributed by atoms with Crippen LogP contribution in [0.5, 0.6) is 0 Å². The van der Waals surface area contributed by atoms with Crippen LogP contribution in [0.3, 0.4) is 0 Å². The molecule has 0 aliphatic rings. The lowest BCUT2D eigenvalue weighted by atomic mass is 10.1. The topological polar surface area (TPSA) is 116 Å². The Morgan fingerprint density at radius 2 is 1.59 bits per heavy atom. The predicted molar refractivity (Wildman–Crippen MR) is 106 cm³/mol. The number of amides is 1. The molecule has 0 radical (unpaired) electrons. The Morgan fingerprint density at radius 3 is 2.24 bits per heavy atom. The first-order valence-electron chi connectivity index (χ1n) is 9.24. The molecule has 0 heterocycles. The summed E-state index contributed by atoms with van der Waals surface area (Å²) in [5.74, 6) is -1.03. The number of Topliss-reactive ketones (excluding diaryl/α,β-unsaturated/α-hetero) is 1. The van der Waals surface area contributed by atoms with E-state index in [1.165, 1.54) is 24.3 Å². The molecule has 0 spiro atoms. The highest BCUT2D eigenvalue weighted by Crippen LogP contribution is 2.12.